The molecule has 2 aromatic carbocycles. The highest BCUT2D eigenvalue weighted by molar-refractivity contribution is 9.11. The number of fused-ring (bicyclic) bond motifs is 3. The van der Waals surface area contributed by atoms with Crippen LogP contribution in [0.3, 0.4) is 0 Å². The second-order valence-corrected chi connectivity index (χ2v) is 9.76. The van der Waals surface area contributed by atoms with Crippen LogP contribution in [0, 0.1) is 5.92 Å². The van der Waals surface area contributed by atoms with Gasteiger partial charge in [-0.05, 0) is 62.2 Å². The topological polar surface area (TPSA) is 75.6 Å². The summed E-state index contributed by atoms with van der Waals surface area (Å²) < 4.78 is 36.0. The zero-order chi connectivity index (χ0) is 24.7. The molecule has 0 aliphatic heterocycles. The van der Waals surface area contributed by atoms with E-state index in [1.807, 2.05) is 13.8 Å². The summed E-state index contributed by atoms with van der Waals surface area (Å²) in [5, 5.41) is 11.5. The molecular formula is C24H30Br2O7. The number of aliphatic hydroxyl groups is 1. The van der Waals surface area contributed by atoms with Crippen molar-refractivity contribution in [2.75, 3.05) is 42.7 Å². The number of rotatable bonds is 6. The lowest BCUT2D eigenvalue weighted by Crippen LogP contribution is -2.38. The molecule has 0 unspecified atom stereocenters. The van der Waals surface area contributed by atoms with E-state index in [0.29, 0.717) is 51.8 Å². The van der Waals surface area contributed by atoms with Crippen molar-refractivity contribution in [3.05, 3.63) is 20.1 Å². The standard InChI is InChI=1S/C24H30Br2O7/c1-11-9-12-14(18(28-3)22(32-7)20(30-5)16(12)25)15-13(10-24(11,2)27)17(26)21(31-6)23(33-8)19(15)29-4/h11,27H,9-10H2,1-8H3/t11-,24-/m0/s1. The molecule has 2 aromatic rings. The van der Waals surface area contributed by atoms with Crippen LogP contribution in [0.2, 0.25) is 0 Å². The van der Waals surface area contributed by atoms with E-state index in [1.54, 1.807) is 42.7 Å². The molecule has 0 aromatic heterocycles. The zero-order valence-corrected chi connectivity index (χ0v) is 23.3. The third-order valence-corrected chi connectivity index (χ3v) is 8.07. The molecule has 1 N–H and O–H groups in total. The van der Waals surface area contributed by atoms with Gasteiger partial charge in [-0.25, -0.2) is 0 Å². The molecule has 7 nitrogen and oxygen atoms in total. The summed E-state index contributed by atoms with van der Waals surface area (Å²) in [6, 6.07) is 0. The summed E-state index contributed by atoms with van der Waals surface area (Å²) >= 11 is 7.45. The van der Waals surface area contributed by atoms with Crippen molar-refractivity contribution in [1.29, 1.82) is 0 Å². The van der Waals surface area contributed by atoms with Crippen LogP contribution in [0.5, 0.6) is 34.5 Å². The second kappa shape index (κ2) is 9.80. The molecule has 0 bridgehead atoms. The van der Waals surface area contributed by atoms with Gasteiger partial charge in [0.2, 0.25) is 11.5 Å². The van der Waals surface area contributed by atoms with Crippen LogP contribution in [-0.4, -0.2) is 53.4 Å². The van der Waals surface area contributed by atoms with E-state index in [1.165, 1.54) is 0 Å². The SMILES string of the molecule is COc1c(Br)c2c(c(OC)c1OC)-c1c(c(Br)c(OC)c(OC)c1OC)C[C@](C)(O)[C@@H](C)C2. The molecule has 0 saturated carbocycles. The van der Waals surface area contributed by atoms with Gasteiger partial charge in [0, 0.05) is 17.5 Å². The van der Waals surface area contributed by atoms with E-state index in [2.05, 4.69) is 31.9 Å². The van der Waals surface area contributed by atoms with E-state index in [4.69, 9.17) is 28.4 Å². The van der Waals surface area contributed by atoms with Crippen LogP contribution in [-0.2, 0) is 12.8 Å². The highest BCUT2D eigenvalue weighted by atomic mass is 79.9. The quantitative estimate of drug-likeness (QED) is 0.482. The molecule has 2 atom stereocenters. The van der Waals surface area contributed by atoms with Crippen molar-refractivity contribution in [1.82, 2.24) is 0 Å². The molecule has 33 heavy (non-hydrogen) atoms. The predicted molar refractivity (Wildman–Crippen MR) is 134 cm³/mol. The third kappa shape index (κ3) is 4.02. The van der Waals surface area contributed by atoms with E-state index in [0.717, 1.165) is 26.7 Å². The molecular weight excluding hydrogens is 560 g/mol. The summed E-state index contributed by atoms with van der Waals surface area (Å²) in [7, 11) is 9.44. The minimum atomic E-state index is -1.03. The van der Waals surface area contributed by atoms with Crippen LogP contribution in [0.15, 0.2) is 8.95 Å². The van der Waals surface area contributed by atoms with E-state index in [-0.39, 0.29) is 5.92 Å². The van der Waals surface area contributed by atoms with Crippen LogP contribution in [0.25, 0.3) is 11.1 Å². The first kappa shape index (κ1) is 25.8. The van der Waals surface area contributed by atoms with E-state index in [9.17, 15) is 5.11 Å². The molecule has 0 saturated heterocycles. The predicted octanol–water partition coefficient (Wildman–Crippen LogP) is 5.42. The smallest absolute Gasteiger partial charge is 0.205 e. The molecule has 1 aliphatic carbocycles. The normalized spacial score (nSPS) is 19.5. The van der Waals surface area contributed by atoms with Gasteiger partial charge in [0.1, 0.15) is 0 Å². The maximum Gasteiger partial charge on any atom is 0.205 e. The van der Waals surface area contributed by atoms with Crippen molar-refractivity contribution >= 4 is 31.9 Å². The number of methoxy groups -OCH3 is 6. The average Bonchev–Trinajstić information content (AvgIpc) is 2.79. The maximum absolute atomic E-state index is 11.5. The molecule has 3 rings (SSSR count). The Kier molecular flexibility index (Phi) is 7.65. The van der Waals surface area contributed by atoms with Gasteiger partial charge >= 0.3 is 0 Å². The Morgan fingerprint density at radius 3 is 1.42 bits per heavy atom. The third-order valence-electron chi connectivity index (χ3n) is 6.39. The molecule has 0 radical (unpaired) electrons. The van der Waals surface area contributed by atoms with Crippen molar-refractivity contribution in [2.24, 2.45) is 5.92 Å². The lowest BCUT2D eigenvalue weighted by atomic mass is 9.75. The average molecular weight is 590 g/mol. The largest absolute Gasteiger partial charge is 0.492 e. The van der Waals surface area contributed by atoms with Gasteiger partial charge in [-0.2, -0.15) is 0 Å². The first-order valence-corrected chi connectivity index (χ1v) is 11.9. The van der Waals surface area contributed by atoms with Crippen molar-refractivity contribution in [3.8, 4) is 45.6 Å². The summed E-state index contributed by atoms with van der Waals surface area (Å²) in [6.45, 7) is 3.87. The van der Waals surface area contributed by atoms with Gasteiger partial charge < -0.3 is 33.5 Å². The van der Waals surface area contributed by atoms with Crippen molar-refractivity contribution in [3.63, 3.8) is 0 Å². The second-order valence-electron chi connectivity index (χ2n) is 8.17. The van der Waals surface area contributed by atoms with Crippen LogP contribution < -0.4 is 28.4 Å². The van der Waals surface area contributed by atoms with Crippen LogP contribution in [0.4, 0.5) is 0 Å². The fraction of sp³-hybridized carbons (Fsp3) is 0.500. The minimum Gasteiger partial charge on any atom is -0.492 e. The monoisotopic (exact) mass is 588 g/mol. The number of hydrogen-bond acceptors (Lipinski definition) is 7. The zero-order valence-electron chi connectivity index (χ0n) is 20.1. The van der Waals surface area contributed by atoms with Gasteiger partial charge in [-0.15, -0.1) is 0 Å². The highest BCUT2D eigenvalue weighted by Gasteiger charge is 2.40. The lowest BCUT2D eigenvalue weighted by molar-refractivity contribution is 0.00606. The number of hydrogen-bond donors (Lipinski definition) is 1. The molecule has 0 spiro atoms. The first-order chi connectivity index (χ1) is 15.6. The summed E-state index contributed by atoms with van der Waals surface area (Å²) in [4.78, 5) is 0. The van der Waals surface area contributed by atoms with Gasteiger partial charge in [0.15, 0.2) is 23.0 Å². The number of ether oxygens (including phenoxy) is 6. The number of halogens is 2. The Bertz CT molecular complexity index is 1070. The fourth-order valence-corrected chi connectivity index (χ4v) is 5.85. The van der Waals surface area contributed by atoms with Gasteiger partial charge in [0.05, 0.1) is 57.2 Å². The van der Waals surface area contributed by atoms with Crippen molar-refractivity contribution in [2.45, 2.75) is 32.3 Å². The highest BCUT2D eigenvalue weighted by Crippen LogP contribution is 2.60. The minimum absolute atomic E-state index is 0.102. The van der Waals surface area contributed by atoms with E-state index >= 15 is 0 Å². The van der Waals surface area contributed by atoms with Gasteiger partial charge in [-0.3, -0.25) is 0 Å². The Morgan fingerprint density at radius 1 is 0.667 bits per heavy atom. The van der Waals surface area contributed by atoms with Crippen LogP contribution >= 0.6 is 31.9 Å². The number of benzene rings is 2. The maximum atomic E-state index is 11.5. The van der Waals surface area contributed by atoms with E-state index < -0.39 is 5.60 Å². The Labute approximate surface area is 211 Å². The fourth-order valence-electron chi connectivity index (χ4n) is 4.47. The molecule has 0 amide bonds. The van der Waals surface area contributed by atoms with Crippen molar-refractivity contribution < 1.29 is 33.5 Å². The molecule has 182 valence electrons. The van der Waals surface area contributed by atoms with Gasteiger partial charge in [0.25, 0.3) is 0 Å². The Hall–Kier alpha value is -1.84. The van der Waals surface area contributed by atoms with Gasteiger partial charge in [-0.1, -0.05) is 6.92 Å². The Balaban J connectivity index is 2.67. The first-order valence-electron chi connectivity index (χ1n) is 10.4. The summed E-state index contributed by atoms with van der Waals surface area (Å²) in [5.41, 5.74) is 2.18. The Morgan fingerprint density at radius 2 is 1.03 bits per heavy atom. The summed E-state index contributed by atoms with van der Waals surface area (Å²) in [6.07, 6.45) is 0.892. The van der Waals surface area contributed by atoms with Crippen LogP contribution in [0.1, 0.15) is 25.0 Å². The lowest BCUT2D eigenvalue weighted by Gasteiger charge is -2.37. The molecule has 1 aliphatic rings. The molecule has 0 fully saturated rings. The molecule has 9 heteroatoms. The molecule has 0 heterocycles. The summed E-state index contributed by atoms with van der Waals surface area (Å²) in [5.74, 6) is 2.74.